The lowest BCUT2D eigenvalue weighted by molar-refractivity contribution is 0.0859. The van der Waals surface area contributed by atoms with Crippen LogP contribution in [0.15, 0.2) is 66.9 Å². The van der Waals surface area contributed by atoms with Crippen molar-refractivity contribution in [2.75, 3.05) is 11.9 Å². The highest BCUT2D eigenvalue weighted by Crippen LogP contribution is 2.36. The van der Waals surface area contributed by atoms with Gasteiger partial charge in [0.15, 0.2) is 0 Å². The zero-order valence-corrected chi connectivity index (χ0v) is 20.2. The van der Waals surface area contributed by atoms with E-state index in [1.807, 2.05) is 54.9 Å². The van der Waals surface area contributed by atoms with Crippen LogP contribution in [0.2, 0.25) is 0 Å². The number of hydrogen-bond acceptors (Lipinski definition) is 6. The van der Waals surface area contributed by atoms with Crippen LogP contribution < -0.4 is 5.32 Å². The first-order chi connectivity index (χ1) is 17.5. The molecule has 3 heterocycles. The van der Waals surface area contributed by atoms with E-state index < -0.39 is 0 Å². The summed E-state index contributed by atoms with van der Waals surface area (Å²) < 4.78 is 21.1. The Hall–Kier alpha value is -4.27. The van der Waals surface area contributed by atoms with Crippen molar-refractivity contribution in [3.8, 4) is 22.5 Å². The molecule has 0 unspecified atom stereocenters. The summed E-state index contributed by atoms with van der Waals surface area (Å²) in [5.41, 5.74) is 4.68. The Kier molecular flexibility index (Phi) is 6.62. The highest BCUT2D eigenvalue weighted by atomic mass is 19.1. The Balaban J connectivity index is 1.49. The highest BCUT2D eigenvalue weighted by Gasteiger charge is 2.29. The number of ether oxygens (including phenoxy) is 1. The molecule has 9 heteroatoms. The molecular formula is C27H27FN6O2. The minimum Gasteiger partial charge on any atom is -0.445 e. The second-order valence-electron chi connectivity index (χ2n) is 8.93. The van der Waals surface area contributed by atoms with Gasteiger partial charge in [-0.25, -0.2) is 19.2 Å². The Morgan fingerprint density at radius 3 is 2.61 bits per heavy atom. The van der Waals surface area contributed by atoms with Crippen molar-refractivity contribution in [3.05, 3.63) is 83.9 Å². The largest absolute Gasteiger partial charge is 0.445 e. The van der Waals surface area contributed by atoms with Crippen molar-refractivity contribution in [2.24, 2.45) is 0 Å². The van der Waals surface area contributed by atoms with Crippen molar-refractivity contribution in [3.63, 3.8) is 0 Å². The van der Waals surface area contributed by atoms with Crippen LogP contribution in [0, 0.1) is 5.82 Å². The van der Waals surface area contributed by atoms with Crippen LogP contribution in [0.25, 0.3) is 22.5 Å². The van der Waals surface area contributed by atoms with E-state index in [0.29, 0.717) is 37.0 Å². The number of aromatic nitrogens is 4. The van der Waals surface area contributed by atoms with E-state index in [9.17, 15) is 9.18 Å². The van der Waals surface area contributed by atoms with Crippen LogP contribution in [0.1, 0.15) is 25.1 Å². The normalized spacial score (nSPS) is 12.9. The Bertz CT molecular complexity index is 1350. The molecule has 0 spiro atoms. The molecule has 8 nitrogen and oxygen atoms in total. The number of nitrogens with zero attached hydrogens (tertiary/aromatic N) is 5. The quantitative estimate of drug-likeness (QED) is 0.407. The molecule has 5 rings (SSSR count). The predicted octanol–water partition coefficient (Wildman–Crippen LogP) is 5.12. The van der Waals surface area contributed by atoms with Crippen molar-refractivity contribution in [1.29, 1.82) is 0 Å². The molecule has 4 aromatic rings. The lowest BCUT2D eigenvalue weighted by atomic mass is 10.0. The summed E-state index contributed by atoms with van der Waals surface area (Å²) in [5.74, 6) is 0.185. The molecule has 0 saturated heterocycles. The third kappa shape index (κ3) is 5.05. The molecule has 0 radical (unpaired) electrons. The van der Waals surface area contributed by atoms with Gasteiger partial charge in [-0.3, -0.25) is 4.68 Å². The van der Waals surface area contributed by atoms with Crippen LogP contribution >= 0.6 is 0 Å². The molecule has 2 aromatic carbocycles. The smallest absolute Gasteiger partial charge is 0.410 e. The first kappa shape index (κ1) is 23.5. The summed E-state index contributed by atoms with van der Waals surface area (Å²) in [6, 6.07) is 17.8. The molecule has 1 amide bonds. The molecular weight excluding hydrogens is 459 g/mol. The van der Waals surface area contributed by atoms with E-state index in [0.717, 1.165) is 22.4 Å². The number of nitrogens with one attached hydrogen (secondary N) is 1. The fourth-order valence-electron chi connectivity index (χ4n) is 4.19. The molecule has 184 valence electrons. The van der Waals surface area contributed by atoms with Crippen molar-refractivity contribution >= 4 is 12.0 Å². The number of halogens is 1. The lowest BCUT2D eigenvalue weighted by Crippen LogP contribution is -2.38. The van der Waals surface area contributed by atoms with E-state index >= 15 is 0 Å². The maximum Gasteiger partial charge on any atom is 0.410 e. The van der Waals surface area contributed by atoms with E-state index in [-0.39, 0.29) is 24.6 Å². The summed E-state index contributed by atoms with van der Waals surface area (Å²) in [4.78, 5) is 23.6. The summed E-state index contributed by atoms with van der Waals surface area (Å²) in [6.45, 7) is 5.52. The Morgan fingerprint density at radius 1 is 1.08 bits per heavy atom. The zero-order valence-electron chi connectivity index (χ0n) is 20.2. The van der Waals surface area contributed by atoms with Crippen LogP contribution in [0.3, 0.4) is 0 Å². The zero-order chi connectivity index (χ0) is 25.1. The first-order valence-electron chi connectivity index (χ1n) is 11.9. The van der Waals surface area contributed by atoms with Gasteiger partial charge >= 0.3 is 6.09 Å². The van der Waals surface area contributed by atoms with Gasteiger partial charge in [-0.05, 0) is 49.7 Å². The van der Waals surface area contributed by atoms with E-state index in [4.69, 9.17) is 14.8 Å². The van der Waals surface area contributed by atoms with Gasteiger partial charge in [-0.1, -0.05) is 30.3 Å². The minimum atomic E-state index is -0.384. The van der Waals surface area contributed by atoms with Crippen LogP contribution in [-0.4, -0.2) is 43.3 Å². The molecule has 0 bridgehead atoms. The molecule has 2 aromatic heterocycles. The monoisotopic (exact) mass is 486 g/mol. The summed E-state index contributed by atoms with van der Waals surface area (Å²) in [6.07, 6.45) is 1.31. The maximum atomic E-state index is 13.6. The summed E-state index contributed by atoms with van der Waals surface area (Å²) in [5, 5.41) is 8.07. The van der Waals surface area contributed by atoms with E-state index in [1.165, 1.54) is 12.1 Å². The molecule has 0 saturated carbocycles. The summed E-state index contributed by atoms with van der Waals surface area (Å²) >= 11 is 0. The number of anilines is 1. The van der Waals surface area contributed by atoms with Crippen molar-refractivity contribution in [1.82, 2.24) is 24.6 Å². The number of amides is 1. The van der Waals surface area contributed by atoms with Gasteiger partial charge in [-0.15, -0.1) is 0 Å². The third-order valence-electron chi connectivity index (χ3n) is 5.89. The molecule has 1 aliphatic heterocycles. The SMILES string of the molecule is CC(C)Nc1nccc(-c2c(-c3ccc(F)cc3)nn3c2CN(C(=O)OCc2ccccc2)CC3)n1. The molecule has 1 aliphatic rings. The van der Waals surface area contributed by atoms with Crippen molar-refractivity contribution in [2.45, 2.75) is 39.6 Å². The van der Waals surface area contributed by atoms with Gasteiger partial charge < -0.3 is 15.0 Å². The van der Waals surface area contributed by atoms with Gasteiger partial charge in [0.1, 0.15) is 18.1 Å². The molecule has 0 atom stereocenters. The fourth-order valence-corrected chi connectivity index (χ4v) is 4.19. The molecule has 36 heavy (non-hydrogen) atoms. The number of fused-ring (bicyclic) bond motifs is 1. The second kappa shape index (κ2) is 10.2. The second-order valence-corrected chi connectivity index (χ2v) is 8.93. The van der Waals surface area contributed by atoms with Crippen LogP contribution in [0.4, 0.5) is 15.1 Å². The molecule has 1 N–H and O–H groups in total. The van der Waals surface area contributed by atoms with Gasteiger partial charge in [-0.2, -0.15) is 5.10 Å². The fraction of sp³-hybridized carbons (Fsp3) is 0.259. The van der Waals surface area contributed by atoms with Gasteiger partial charge in [0.2, 0.25) is 5.95 Å². The Morgan fingerprint density at radius 2 is 1.86 bits per heavy atom. The topological polar surface area (TPSA) is 85.2 Å². The van der Waals surface area contributed by atoms with Crippen molar-refractivity contribution < 1.29 is 13.9 Å². The third-order valence-corrected chi connectivity index (χ3v) is 5.89. The number of carbonyl (C=O) groups excluding carboxylic acids is 1. The van der Waals surface area contributed by atoms with E-state index in [2.05, 4.69) is 10.3 Å². The van der Waals surface area contributed by atoms with Crippen LogP contribution in [-0.2, 0) is 24.4 Å². The predicted molar refractivity (Wildman–Crippen MR) is 134 cm³/mol. The number of benzene rings is 2. The lowest BCUT2D eigenvalue weighted by Gasteiger charge is -2.27. The highest BCUT2D eigenvalue weighted by molar-refractivity contribution is 5.82. The van der Waals surface area contributed by atoms with E-state index in [1.54, 1.807) is 23.2 Å². The first-order valence-corrected chi connectivity index (χ1v) is 11.9. The average Bonchev–Trinajstić information content (AvgIpc) is 3.27. The van der Waals surface area contributed by atoms with Gasteiger partial charge in [0.25, 0.3) is 0 Å². The molecule has 0 aliphatic carbocycles. The maximum absolute atomic E-state index is 13.6. The van der Waals surface area contributed by atoms with Gasteiger partial charge in [0.05, 0.1) is 30.0 Å². The van der Waals surface area contributed by atoms with Crippen LogP contribution in [0.5, 0.6) is 0 Å². The van der Waals surface area contributed by atoms with Gasteiger partial charge in [0, 0.05) is 24.3 Å². The number of carbonyl (C=O) groups is 1. The summed E-state index contributed by atoms with van der Waals surface area (Å²) in [7, 11) is 0. The average molecular weight is 487 g/mol. The number of hydrogen-bond donors (Lipinski definition) is 1. The minimum absolute atomic E-state index is 0.160. The Labute approximate surface area is 208 Å². The number of rotatable bonds is 6. The molecule has 0 fully saturated rings. The standard InChI is InChI=1S/C27H27FN6O2/c1-18(2)30-26-29-13-12-22(31-26)24-23-16-33(27(35)36-17-19-6-4-3-5-7-19)14-15-34(23)32-25(24)20-8-10-21(28)11-9-20/h3-13,18H,14-17H2,1-2H3,(H,29,30,31).